The minimum atomic E-state index is 0. The van der Waals surface area contributed by atoms with Crippen LogP contribution in [0.25, 0.3) is 10.4 Å². The van der Waals surface area contributed by atoms with Crippen LogP contribution in [0.2, 0.25) is 0 Å². The van der Waals surface area contributed by atoms with Crippen LogP contribution in [0.4, 0.5) is 0 Å². The second-order valence-electron chi connectivity index (χ2n) is 0.100. The van der Waals surface area contributed by atoms with Gasteiger partial charge in [0.25, 0.3) is 0 Å². The molecule has 0 atom stereocenters. The smallest absolute Gasteiger partial charge is 0 e. The number of hydrogen-bond donors (Lipinski definition) is 1. The topological polar surface area (TPSA) is 60.3 Å². The maximum atomic E-state index is 6.86. The molecule has 0 aromatic rings. The molecule has 0 aromatic heterocycles. The first kappa shape index (κ1) is 8.87. The van der Waals surface area contributed by atoms with E-state index < -0.39 is 0 Å². The molecule has 0 aliphatic rings. The molecule has 0 saturated heterocycles. The molecule has 0 saturated carbocycles. The summed E-state index contributed by atoms with van der Waals surface area (Å²) in [5.74, 6) is 0. The molecule has 0 unspecified atom stereocenters. The van der Waals surface area contributed by atoms with E-state index in [-0.39, 0.29) is 27.7 Å². The van der Waals surface area contributed by atoms with Crippen molar-refractivity contribution in [3.05, 3.63) is 10.4 Å². The monoisotopic (exact) mass is 245 g/mol. The van der Waals surface area contributed by atoms with Gasteiger partial charge >= 0.3 is 0 Å². The van der Waals surface area contributed by atoms with Crippen LogP contribution < -0.4 is 0 Å². The van der Waals surface area contributed by atoms with E-state index in [1.807, 2.05) is 0 Å². The molecule has 0 amide bonds. The number of nitrogens with zero attached hydrogens (tertiary/aromatic N) is 2. The van der Waals surface area contributed by atoms with Gasteiger partial charge in [0.15, 0.2) is 0 Å². The largest absolute Gasteiger partial charge is 0.108 e. The molecule has 4 heteroatoms. The molecule has 0 heterocycles. The van der Waals surface area contributed by atoms with Crippen LogP contribution >= 0.6 is 0 Å². The van der Waals surface area contributed by atoms with Gasteiger partial charge in [-0.3, -0.25) is 0 Å². The molecule has 0 aliphatic heterocycles. The van der Waals surface area contributed by atoms with Crippen LogP contribution in [-0.2, 0) is 27.7 Å². The minimum Gasteiger partial charge on any atom is -0.108 e. The van der Waals surface area contributed by atoms with Gasteiger partial charge in [-0.15, -0.1) is 5.53 Å². The quantitative estimate of drug-likeness (QED) is 0.284. The molecular weight excluding hydrogens is 243 g/mol. The van der Waals surface area contributed by atoms with Gasteiger partial charge in [0.05, 0.1) is 0 Å². The fourth-order valence-corrected chi connectivity index (χ4v) is 0. The Morgan fingerprint density at radius 2 is 1.75 bits per heavy atom. The van der Waals surface area contributed by atoms with Crippen molar-refractivity contribution >= 4 is 0 Å². The van der Waals surface area contributed by atoms with Crippen LogP contribution in [0.3, 0.4) is 0 Å². The van der Waals surface area contributed by atoms with Gasteiger partial charge in [0.1, 0.15) is 0 Å². The van der Waals surface area contributed by atoms with Crippen molar-refractivity contribution in [3.8, 4) is 0 Å². The van der Waals surface area contributed by atoms with Crippen molar-refractivity contribution in [2.24, 2.45) is 0 Å². The number of nitrogens with one attached hydrogen (secondary N) is 1. The first-order chi connectivity index (χ1) is 1.41. The zero-order valence-corrected chi connectivity index (χ0v) is 7.60. The molecule has 0 radical (unpaired) electrons. The van der Waals surface area contributed by atoms with Crippen molar-refractivity contribution in [2.75, 3.05) is 0 Å². The molecule has 4 heavy (non-hydrogen) atoms. The second kappa shape index (κ2) is 10.6. The van der Waals surface area contributed by atoms with E-state index in [2.05, 4.69) is 0 Å². The van der Waals surface area contributed by atoms with E-state index >= 15 is 0 Å². The summed E-state index contributed by atoms with van der Waals surface area (Å²) in [6, 6.07) is 0. The van der Waals surface area contributed by atoms with Crippen molar-refractivity contribution in [2.45, 2.75) is 0 Å². The predicted octanol–water partition coefficient (Wildman–Crippen LogP) is 0.873. The Bertz CT molecular complexity index is 24.3. The van der Waals surface area contributed by atoms with Gasteiger partial charge in [0.2, 0.25) is 0 Å². The molecule has 0 fully saturated rings. The average molecular weight is 244 g/mol. The molecule has 3 nitrogen and oxygen atoms in total. The van der Waals surface area contributed by atoms with Crippen LogP contribution in [0.1, 0.15) is 0 Å². The van der Waals surface area contributed by atoms with Crippen molar-refractivity contribution in [3.63, 3.8) is 0 Å². The Labute approximate surface area is 43.9 Å². The maximum Gasteiger partial charge on any atom is 0 e. The maximum absolute atomic E-state index is 6.86. The Morgan fingerprint density at radius 3 is 1.75 bits per heavy atom. The molecule has 0 rings (SSSR count). The zero-order valence-electron chi connectivity index (χ0n) is 2.10. The zero-order chi connectivity index (χ0) is 2.71. The Morgan fingerprint density at radius 1 is 1.75 bits per heavy atom. The SMILES string of the molecule is [Hg].[N-]=[N+]=N. The molecule has 0 spiro atoms. The summed E-state index contributed by atoms with van der Waals surface area (Å²) < 4.78 is 0. The summed E-state index contributed by atoms with van der Waals surface area (Å²) in [7, 11) is 0. The van der Waals surface area contributed by atoms with Gasteiger partial charge in [0, 0.05) is 27.7 Å². The van der Waals surface area contributed by atoms with E-state index in [0.717, 1.165) is 0 Å². The van der Waals surface area contributed by atoms with Gasteiger partial charge in [-0.05, 0) is 10.4 Å². The van der Waals surface area contributed by atoms with E-state index in [9.17, 15) is 0 Å². The van der Waals surface area contributed by atoms with Gasteiger partial charge in [-0.1, -0.05) is 0 Å². The Balaban J connectivity index is 0. The predicted molar refractivity (Wildman–Crippen MR) is 9.44 cm³/mol. The number of hydrogen-bond acceptors (Lipinski definition) is 1. The van der Waals surface area contributed by atoms with Crippen molar-refractivity contribution in [1.82, 2.24) is 0 Å². The molecule has 0 bridgehead atoms. The molecule has 0 aliphatic carbocycles. The molecule has 18 valence electrons. The minimum absolute atomic E-state index is 0. The standard InChI is InChI=1S/Hg.HN3/c;1-3-2/h;1H. The van der Waals surface area contributed by atoms with E-state index in [4.69, 9.17) is 11.1 Å². The van der Waals surface area contributed by atoms with Gasteiger partial charge in [-0.2, -0.15) is 0 Å². The van der Waals surface area contributed by atoms with Gasteiger partial charge < -0.3 is 0 Å². The third kappa shape index (κ3) is 57.9. The average Bonchev–Trinajstić information content (AvgIpc) is 0.918. The first-order valence-electron chi connectivity index (χ1n) is 0.424. The Kier molecular flexibility index (Phi) is 23.4. The normalized spacial score (nSPS) is 2.00. The summed E-state index contributed by atoms with van der Waals surface area (Å²) in [4.78, 5) is 1.75. The fourth-order valence-electron chi connectivity index (χ4n) is 0. The van der Waals surface area contributed by atoms with E-state index in [1.54, 1.807) is 4.91 Å². The molecular formula is HHgN3. The third-order valence-corrected chi connectivity index (χ3v) is 0. The van der Waals surface area contributed by atoms with Crippen LogP contribution in [0.5, 0.6) is 0 Å². The second-order valence-corrected chi connectivity index (χ2v) is 0.100. The van der Waals surface area contributed by atoms with Crippen LogP contribution in [0, 0.1) is 5.53 Å². The summed E-state index contributed by atoms with van der Waals surface area (Å²) in [5, 5.41) is 0. The van der Waals surface area contributed by atoms with E-state index in [0.29, 0.717) is 0 Å². The van der Waals surface area contributed by atoms with Crippen molar-refractivity contribution in [1.29, 1.82) is 5.53 Å². The summed E-state index contributed by atoms with van der Waals surface area (Å²) in [6.45, 7) is 0. The summed E-state index contributed by atoms with van der Waals surface area (Å²) >= 11 is 0. The van der Waals surface area contributed by atoms with Crippen LogP contribution in [-0.4, -0.2) is 0 Å². The van der Waals surface area contributed by atoms with E-state index in [1.165, 1.54) is 0 Å². The Hall–Kier alpha value is 0.245. The third-order valence-electron chi connectivity index (χ3n) is 0. The van der Waals surface area contributed by atoms with Gasteiger partial charge in [-0.25, -0.2) is 0 Å². The first-order valence-corrected chi connectivity index (χ1v) is 0.424. The molecule has 1 N–H and O–H groups in total. The van der Waals surface area contributed by atoms with Crippen LogP contribution in [0.15, 0.2) is 0 Å². The number of rotatable bonds is 0. The summed E-state index contributed by atoms with van der Waals surface area (Å²) in [5.41, 5.74) is 12.2. The molecule has 0 aromatic carbocycles. The fraction of sp³-hybridized carbons (Fsp3) is 0. The summed E-state index contributed by atoms with van der Waals surface area (Å²) in [6.07, 6.45) is 0. The van der Waals surface area contributed by atoms with Crippen molar-refractivity contribution < 1.29 is 27.7 Å².